The van der Waals surface area contributed by atoms with Crippen LogP contribution in [0.15, 0.2) is 42.5 Å². The molecule has 0 heterocycles. The van der Waals surface area contributed by atoms with E-state index in [1.165, 1.54) is 17.2 Å². The lowest BCUT2D eigenvalue weighted by molar-refractivity contribution is 0.175. The maximum atomic E-state index is 14.2. The van der Waals surface area contributed by atoms with Gasteiger partial charge in [-0.05, 0) is 55.0 Å². The molecule has 2 N–H and O–H groups in total. The molecule has 1 aliphatic rings. The summed E-state index contributed by atoms with van der Waals surface area (Å²) in [7, 11) is 0. The van der Waals surface area contributed by atoms with Gasteiger partial charge in [-0.15, -0.1) is 0 Å². The summed E-state index contributed by atoms with van der Waals surface area (Å²) in [4.78, 5) is 0. The van der Waals surface area contributed by atoms with E-state index in [2.05, 4.69) is 12.1 Å². The van der Waals surface area contributed by atoms with E-state index in [0.29, 0.717) is 5.75 Å². The third-order valence-electron chi connectivity index (χ3n) is 4.07. The molecule has 0 fully saturated rings. The summed E-state index contributed by atoms with van der Waals surface area (Å²) in [5.74, 6) is -0.0334. The number of nitrogens with two attached hydrogens (primary N) is 1. The largest absolute Gasteiger partial charge is 0.483 e. The van der Waals surface area contributed by atoms with Gasteiger partial charge >= 0.3 is 0 Å². The predicted octanol–water partition coefficient (Wildman–Crippen LogP) is 4.30. The molecule has 0 aromatic heterocycles. The van der Waals surface area contributed by atoms with Gasteiger partial charge in [0, 0.05) is 6.04 Å². The number of halogens is 1. The van der Waals surface area contributed by atoms with Gasteiger partial charge in [0.1, 0.15) is 6.10 Å². The van der Waals surface area contributed by atoms with Crippen LogP contribution in [0.2, 0.25) is 0 Å². The molecule has 0 spiro atoms. The molecule has 0 saturated heterocycles. The summed E-state index contributed by atoms with van der Waals surface area (Å²) in [6.07, 6.45) is 3.00. The maximum absolute atomic E-state index is 14.2. The molecule has 3 heteroatoms. The average Bonchev–Trinajstić information content (AvgIpc) is 2.49. The van der Waals surface area contributed by atoms with Crippen LogP contribution in [-0.4, -0.2) is 0 Å². The summed E-state index contributed by atoms with van der Waals surface area (Å²) >= 11 is 0. The van der Waals surface area contributed by atoms with Crippen molar-refractivity contribution in [2.45, 2.75) is 38.3 Å². The zero-order valence-corrected chi connectivity index (χ0v) is 12.2. The fraction of sp³-hybridized carbons (Fsp3) is 0.333. The lowest BCUT2D eigenvalue weighted by Gasteiger charge is -2.26. The third kappa shape index (κ3) is 2.93. The Morgan fingerprint density at radius 1 is 1.24 bits per heavy atom. The summed E-state index contributed by atoms with van der Waals surface area (Å²) < 4.78 is 20.1. The van der Waals surface area contributed by atoms with Gasteiger partial charge in [-0.25, -0.2) is 4.39 Å². The maximum Gasteiger partial charge on any atom is 0.165 e. The van der Waals surface area contributed by atoms with E-state index < -0.39 is 0 Å². The number of rotatable bonds is 3. The van der Waals surface area contributed by atoms with Crippen LogP contribution in [0.3, 0.4) is 0 Å². The Morgan fingerprint density at radius 2 is 2.05 bits per heavy atom. The second-order valence-corrected chi connectivity index (χ2v) is 5.68. The van der Waals surface area contributed by atoms with Crippen molar-refractivity contribution in [2.75, 3.05) is 0 Å². The SMILES string of the molecule is CC(N)c1ccc(OC2CCCc3ccccc32)c(F)c1. The monoisotopic (exact) mass is 285 g/mol. The van der Waals surface area contributed by atoms with Gasteiger partial charge in [0.15, 0.2) is 11.6 Å². The molecular weight excluding hydrogens is 265 g/mol. The molecule has 0 aliphatic heterocycles. The standard InChI is InChI=1S/C18H20FNO/c1-12(20)14-9-10-18(16(19)11-14)21-17-8-4-6-13-5-2-3-7-15(13)17/h2-3,5,7,9-12,17H,4,6,8,20H2,1H3. The van der Waals surface area contributed by atoms with Gasteiger partial charge in [0.2, 0.25) is 0 Å². The van der Waals surface area contributed by atoms with Gasteiger partial charge < -0.3 is 10.5 Å². The highest BCUT2D eigenvalue weighted by Crippen LogP contribution is 2.34. The molecule has 110 valence electrons. The van der Waals surface area contributed by atoms with Crippen molar-refractivity contribution in [1.82, 2.24) is 0 Å². The summed E-state index contributed by atoms with van der Waals surface area (Å²) in [6, 6.07) is 13.1. The fourth-order valence-electron chi connectivity index (χ4n) is 2.88. The second-order valence-electron chi connectivity index (χ2n) is 5.68. The number of ether oxygens (including phenoxy) is 1. The van der Waals surface area contributed by atoms with Crippen LogP contribution >= 0.6 is 0 Å². The lowest BCUT2D eigenvalue weighted by Crippen LogP contribution is -2.16. The predicted molar refractivity (Wildman–Crippen MR) is 81.8 cm³/mol. The van der Waals surface area contributed by atoms with Crippen LogP contribution in [0, 0.1) is 5.82 Å². The van der Waals surface area contributed by atoms with E-state index in [4.69, 9.17) is 10.5 Å². The Kier molecular flexibility index (Phi) is 3.93. The number of benzene rings is 2. The first-order valence-electron chi connectivity index (χ1n) is 7.44. The van der Waals surface area contributed by atoms with Crippen molar-refractivity contribution in [3.05, 3.63) is 65.0 Å². The molecule has 2 aromatic rings. The summed E-state index contributed by atoms with van der Waals surface area (Å²) in [5, 5.41) is 0. The molecule has 0 amide bonds. The van der Waals surface area contributed by atoms with E-state index in [0.717, 1.165) is 24.8 Å². The second kappa shape index (κ2) is 5.86. The average molecular weight is 285 g/mol. The molecule has 2 unspecified atom stereocenters. The lowest BCUT2D eigenvalue weighted by atomic mass is 9.89. The minimum absolute atomic E-state index is 0.0643. The molecular formula is C18H20FNO. The van der Waals surface area contributed by atoms with Crippen LogP contribution in [0.25, 0.3) is 0 Å². The van der Waals surface area contributed by atoms with Crippen molar-refractivity contribution in [1.29, 1.82) is 0 Å². The smallest absolute Gasteiger partial charge is 0.165 e. The van der Waals surface area contributed by atoms with Crippen molar-refractivity contribution >= 4 is 0 Å². The zero-order valence-electron chi connectivity index (χ0n) is 12.2. The highest BCUT2D eigenvalue weighted by atomic mass is 19.1. The molecule has 1 aliphatic carbocycles. The molecule has 0 saturated carbocycles. The van der Waals surface area contributed by atoms with Gasteiger partial charge in [0.05, 0.1) is 0 Å². The van der Waals surface area contributed by atoms with Crippen LogP contribution < -0.4 is 10.5 Å². The van der Waals surface area contributed by atoms with E-state index in [1.807, 2.05) is 25.1 Å². The van der Waals surface area contributed by atoms with E-state index in [1.54, 1.807) is 6.07 Å². The third-order valence-corrected chi connectivity index (χ3v) is 4.07. The van der Waals surface area contributed by atoms with Crippen molar-refractivity contribution in [3.63, 3.8) is 0 Å². The van der Waals surface area contributed by atoms with Gasteiger partial charge in [-0.2, -0.15) is 0 Å². The molecule has 2 aromatic carbocycles. The van der Waals surface area contributed by atoms with Gasteiger partial charge in [-0.1, -0.05) is 30.3 Å². The Balaban J connectivity index is 1.85. The Bertz CT molecular complexity index is 639. The van der Waals surface area contributed by atoms with E-state index in [-0.39, 0.29) is 18.0 Å². The summed E-state index contributed by atoms with van der Waals surface area (Å²) in [5.41, 5.74) is 9.04. The molecule has 21 heavy (non-hydrogen) atoms. The number of hydrogen-bond donors (Lipinski definition) is 1. The first-order chi connectivity index (χ1) is 10.1. The first kappa shape index (κ1) is 14.1. The molecule has 0 radical (unpaired) electrons. The molecule has 0 bridgehead atoms. The Hall–Kier alpha value is -1.87. The number of aryl methyl sites for hydroxylation is 1. The zero-order chi connectivity index (χ0) is 14.8. The van der Waals surface area contributed by atoms with Crippen LogP contribution in [-0.2, 0) is 6.42 Å². The number of hydrogen-bond acceptors (Lipinski definition) is 2. The fourth-order valence-corrected chi connectivity index (χ4v) is 2.88. The van der Waals surface area contributed by atoms with Crippen molar-refractivity contribution in [2.24, 2.45) is 5.73 Å². The van der Waals surface area contributed by atoms with Gasteiger partial charge in [-0.3, -0.25) is 0 Å². The Morgan fingerprint density at radius 3 is 2.81 bits per heavy atom. The first-order valence-corrected chi connectivity index (χ1v) is 7.44. The minimum Gasteiger partial charge on any atom is -0.483 e. The number of fused-ring (bicyclic) bond motifs is 1. The van der Waals surface area contributed by atoms with Crippen LogP contribution in [0.1, 0.15) is 48.6 Å². The molecule has 2 nitrogen and oxygen atoms in total. The quantitative estimate of drug-likeness (QED) is 0.912. The summed E-state index contributed by atoms with van der Waals surface area (Å²) in [6.45, 7) is 1.84. The highest BCUT2D eigenvalue weighted by Gasteiger charge is 2.22. The highest BCUT2D eigenvalue weighted by molar-refractivity contribution is 5.35. The van der Waals surface area contributed by atoms with E-state index in [9.17, 15) is 4.39 Å². The molecule has 2 atom stereocenters. The van der Waals surface area contributed by atoms with Crippen molar-refractivity contribution < 1.29 is 9.13 Å². The minimum atomic E-state index is -0.340. The topological polar surface area (TPSA) is 35.2 Å². The normalized spacial score (nSPS) is 18.9. The Labute approximate surface area is 124 Å². The van der Waals surface area contributed by atoms with Crippen molar-refractivity contribution in [3.8, 4) is 5.75 Å². The van der Waals surface area contributed by atoms with Crippen LogP contribution in [0.5, 0.6) is 5.75 Å². The van der Waals surface area contributed by atoms with Crippen LogP contribution in [0.4, 0.5) is 4.39 Å². The molecule has 3 rings (SSSR count). The van der Waals surface area contributed by atoms with Gasteiger partial charge in [0.25, 0.3) is 0 Å². The van der Waals surface area contributed by atoms with E-state index >= 15 is 0 Å².